The van der Waals surface area contributed by atoms with Crippen LogP contribution in [0.3, 0.4) is 0 Å². The minimum atomic E-state index is -3.52. The van der Waals surface area contributed by atoms with E-state index in [1.165, 1.54) is 10.6 Å². The Morgan fingerprint density at radius 1 is 0.971 bits per heavy atom. The number of aryl methyl sites for hydroxylation is 2. The Kier molecular flexibility index (Phi) is 10.3. The highest BCUT2D eigenvalue weighted by atomic mass is 32.2. The van der Waals surface area contributed by atoms with Crippen LogP contribution < -0.4 is 9.62 Å². The monoisotopic (exact) mass is 501 g/mol. The Balaban J connectivity index is 2.14. The predicted octanol–water partition coefficient (Wildman–Crippen LogP) is 3.83. The molecular weight excluding hydrogens is 462 g/mol. The van der Waals surface area contributed by atoms with E-state index in [9.17, 15) is 18.0 Å². The summed E-state index contributed by atoms with van der Waals surface area (Å²) in [5.41, 5.74) is 3.54. The van der Waals surface area contributed by atoms with Crippen molar-refractivity contribution in [2.75, 3.05) is 23.7 Å². The van der Waals surface area contributed by atoms with E-state index in [-0.39, 0.29) is 30.8 Å². The van der Waals surface area contributed by atoms with E-state index in [0.29, 0.717) is 25.1 Å². The van der Waals surface area contributed by atoms with Gasteiger partial charge in [-0.15, -0.1) is 0 Å². The molecule has 8 heteroatoms. The van der Waals surface area contributed by atoms with Gasteiger partial charge in [-0.1, -0.05) is 42.5 Å². The SMILES string of the molecule is Cc1ccc(C)c(N(CCCC(=O)N(CCc2ccccc2)C(C)C(=O)NC(C)C)S(C)(=O)=O)c1. The topological polar surface area (TPSA) is 86.8 Å². The Hall–Kier alpha value is -2.87. The van der Waals surface area contributed by atoms with Crippen molar-refractivity contribution in [3.8, 4) is 0 Å². The number of sulfonamides is 1. The number of nitrogens with zero attached hydrogens (tertiary/aromatic N) is 2. The zero-order chi connectivity index (χ0) is 26.2. The lowest BCUT2D eigenvalue weighted by atomic mass is 10.1. The van der Waals surface area contributed by atoms with Gasteiger partial charge in [0.15, 0.2) is 0 Å². The molecule has 0 aliphatic rings. The smallest absolute Gasteiger partial charge is 0.242 e. The van der Waals surface area contributed by atoms with Crippen molar-refractivity contribution >= 4 is 27.5 Å². The summed E-state index contributed by atoms with van der Waals surface area (Å²) in [6.45, 7) is 9.89. The van der Waals surface area contributed by atoms with Gasteiger partial charge in [0, 0.05) is 25.6 Å². The number of amides is 2. The lowest BCUT2D eigenvalue weighted by Crippen LogP contribution is -2.50. The summed E-state index contributed by atoms with van der Waals surface area (Å²) in [6.07, 6.45) is 2.30. The quantitative estimate of drug-likeness (QED) is 0.479. The second-order valence-corrected chi connectivity index (χ2v) is 11.3. The molecule has 2 aromatic carbocycles. The van der Waals surface area contributed by atoms with Crippen LogP contribution in [0.15, 0.2) is 48.5 Å². The number of rotatable bonds is 12. The maximum absolute atomic E-state index is 13.3. The van der Waals surface area contributed by atoms with Crippen LogP contribution in [-0.4, -0.2) is 56.6 Å². The summed E-state index contributed by atoms with van der Waals surface area (Å²) < 4.78 is 26.5. The summed E-state index contributed by atoms with van der Waals surface area (Å²) in [5.74, 6) is -0.365. The molecule has 1 atom stereocenters. The number of nitrogens with one attached hydrogen (secondary N) is 1. The van der Waals surface area contributed by atoms with Gasteiger partial charge in [0.25, 0.3) is 0 Å². The molecule has 2 aromatic rings. The normalized spacial score (nSPS) is 12.3. The average molecular weight is 502 g/mol. The predicted molar refractivity (Wildman–Crippen MR) is 142 cm³/mol. The van der Waals surface area contributed by atoms with Crippen molar-refractivity contribution in [2.24, 2.45) is 0 Å². The first-order valence-electron chi connectivity index (χ1n) is 12.1. The highest BCUT2D eigenvalue weighted by Gasteiger charge is 2.26. The molecule has 0 bridgehead atoms. The van der Waals surface area contributed by atoms with Gasteiger partial charge in [-0.05, 0) is 70.2 Å². The fourth-order valence-corrected chi connectivity index (χ4v) is 4.96. The Labute approximate surface area is 210 Å². The van der Waals surface area contributed by atoms with Gasteiger partial charge < -0.3 is 10.2 Å². The first-order chi connectivity index (χ1) is 16.4. The van der Waals surface area contributed by atoms with Crippen LogP contribution in [0.25, 0.3) is 0 Å². The number of hydrogen-bond acceptors (Lipinski definition) is 4. The van der Waals surface area contributed by atoms with Crippen molar-refractivity contribution in [1.82, 2.24) is 10.2 Å². The first kappa shape index (κ1) is 28.4. The van der Waals surface area contributed by atoms with E-state index < -0.39 is 16.1 Å². The summed E-state index contributed by atoms with van der Waals surface area (Å²) >= 11 is 0. The third-order valence-electron chi connectivity index (χ3n) is 5.87. The zero-order valence-electron chi connectivity index (χ0n) is 21.7. The van der Waals surface area contributed by atoms with Crippen LogP contribution in [0.5, 0.6) is 0 Å². The van der Waals surface area contributed by atoms with Gasteiger partial charge in [-0.2, -0.15) is 0 Å². The number of hydrogen-bond donors (Lipinski definition) is 1. The molecule has 0 aliphatic heterocycles. The molecular formula is C27H39N3O4S. The first-order valence-corrected chi connectivity index (χ1v) is 13.9. The second-order valence-electron chi connectivity index (χ2n) is 9.39. The van der Waals surface area contributed by atoms with E-state index in [2.05, 4.69) is 5.32 Å². The maximum Gasteiger partial charge on any atom is 0.242 e. The van der Waals surface area contributed by atoms with Gasteiger partial charge in [0.05, 0.1) is 11.9 Å². The fourth-order valence-electron chi connectivity index (χ4n) is 3.95. The molecule has 192 valence electrons. The van der Waals surface area contributed by atoms with Gasteiger partial charge in [0.2, 0.25) is 21.8 Å². The molecule has 0 spiro atoms. The summed E-state index contributed by atoms with van der Waals surface area (Å²) in [7, 11) is -3.52. The molecule has 0 saturated carbocycles. The third-order valence-corrected chi connectivity index (χ3v) is 7.05. The number of anilines is 1. The molecule has 0 heterocycles. The van der Waals surface area contributed by atoms with E-state index in [1.54, 1.807) is 11.8 Å². The highest BCUT2D eigenvalue weighted by Crippen LogP contribution is 2.24. The molecule has 0 radical (unpaired) electrons. The van der Waals surface area contributed by atoms with Crippen LogP contribution in [0.2, 0.25) is 0 Å². The van der Waals surface area contributed by atoms with E-state index in [1.807, 2.05) is 76.2 Å². The molecule has 1 N–H and O–H groups in total. The van der Waals surface area contributed by atoms with Crippen LogP contribution in [0.4, 0.5) is 5.69 Å². The number of carbonyl (C=O) groups is 2. The number of benzene rings is 2. The molecule has 7 nitrogen and oxygen atoms in total. The molecule has 1 unspecified atom stereocenters. The van der Waals surface area contributed by atoms with E-state index in [4.69, 9.17) is 0 Å². The van der Waals surface area contributed by atoms with Gasteiger partial charge in [-0.3, -0.25) is 13.9 Å². The van der Waals surface area contributed by atoms with Gasteiger partial charge >= 0.3 is 0 Å². The maximum atomic E-state index is 13.3. The van der Waals surface area contributed by atoms with Crippen molar-refractivity contribution in [1.29, 1.82) is 0 Å². The van der Waals surface area contributed by atoms with Crippen LogP contribution in [0.1, 0.15) is 50.3 Å². The molecule has 35 heavy (non-hydrogen) atoms. The van der Waals surface area contributed by atoms with Gasteiger partial charge in [-0.25, -0.2) is 8.42 Å². The lowest BCUT2D eigenvalue weighted by molar-refractivity contribution is -0.140. The van der Waals surface area contributed by atoms with Crippen molar-refractivity contribution in [3.63, 3.8) is 0 Å². The fraction of sp³-hybridized carbons (Fsp3) is 0.481. The van der Waals surface area contributed by atoms with Crippen LogP contribution in [0, 0.1) is 13.8 Å². The molecule has 2 rings (SSSR count). The zero-order valence-corrected chi connectivity index (χ0v) is 22.6. The molecule has 0 saturated heterocycles. The Morgan fingerprint density at radius 2 is 1.63 bits per heavy atom. The molecule has 0 fully saturated rings. The Morgan fingerprint density at radius 3 is 2.23 bits per heavy atom. The Bertz CT molecular complexity index is 1100. The minimum Gasteiger partial charge on any atom is -0.352 e. The second kappa shape index (κ2) is 12.7. The van der Waals surface area contributed by atoms with E-state index in [0.717, 1.165) is 16.7 Å². The van der Waals surface area contributed by atoms with Crippen molar-refractivity contribution in [2.45, 2.75) is 66.0 Å². The molecule has 2 amide bonds. The van der Waals surface area contributed by atoms with Crippen molar-refractivity contribution < 1.29 is 18.0 Å². The summed E-state index contributed by atoms with van der Waals surface area (Å²) in [6, 6.07) is 14.9. The molecule has 0 aliphatic carbocycles. The van der Waals surface area contributed by atoms with E-state index >= 15 is 0 Å². The highest BCUT2D eigenvalue weighted by molar-refractivity contribution is 7.92. The summed E-state index contributed by atoms with van der Waals surface area (Å²) in [5, 5.41) is 2.88. The van der Waals surface area contributed by atoms with Crippen LogP contribution >= 0.6 is 0 Å². The van der Waals surface area contributed by atoms with Gasteiger partial charge in [0.1, 0.15) is 6.04 Å². The third kappa shape index (κ3) is 8.69. The molecule has 0 aromatic heterocycles. The summed E-state index contributed by atoms with van der Waals surface area (Å²) in [4.78, 5) is 27.6. The average Bonchev–Trinajstić information content (AvgIpc) is 2.78. The lowest BCUT2D eigenvalue weighted by Gasteiger charge is -2.30. The standard InChI is InChI=1S/C27H39N3O4S/c1-20(2)28-27(32)23(5)29(18-16-24-11-8-7-9-12-24)26(31)13-10-17-30(35(6,33)34)25-19-21(3)14-15-22(25)4/h7-9,11-12,14-15,19-20,23H,10,13,16-18H2,1-6H3,(H,28,32). The van der Waals surface area contributed by atoms with Crippen molar-refractivity contribution in [3.05, 3.63) is 65.2 Å². The largest absolute Gasteiger partial charge is 0.352 e. The van der Waals surface area contributed by atoms with Crippen LogP contribution in [-0.2, 0) is 26.0 Å². The minimum absolute atomic E-state index is 0.0306. The number of carbonyl (C=O) groups excluding carboxylic acids is 2.